The Morgan fingerprint density at radius 2 is 2.20 bits per heavy atom. The van der Waals surface area contributed by atoms with Crippen molar-refractivity contribution in [2.75, 3.05) is 7.11 Å². The summed E-state index contributed by atoms with van der Waals surface area (Å²) in [6.45, 7) is 7.21. The number of esters is 1. The number of hydrogen-bond donors (Lipinski definition) is 0. The normalized spacial score (nSPS) is 28.7. The van der Waals surface area contributed by atoms with Gasteiger partial charge >= 0.3 is 5.97 Å². The summed E-state index contributed by atoms with van der Waals surface area (Å²) in [5, 5.41) is 0. The molecule has 1 rings (SSSR count). The topological polar surface area (TPSA) is 44.8 Å². The van der Waals surface area contributed by atoms with Crippen LogP contribution in [0.25, 0.3) is 0 Å². The number of ether oxygens (including phenoxy) is 3. The van der Waals surface area contributed by atoms with Gasteiger partial charge in [-0.3, -0.25) is 0 Å². The van der Waals surface area contributed by atoms with Crippen LogP contribution in [-0.4, -0.2) is 31.1 Å². The van der Waals surface area contributed by atoms with Crippen molar-refractivity contribution in [3.63, 3.8) is 0 Å². The van der Waals surface area contributed by atoms with Crippen LogP contribution in [0.4, 0.5) is 0 Å². The third-order valence-electron chi connectivity index (χ3n) is 2.27. The van der Waals surface area contributed by atoms with E-state index in [-0.39, 0.29) is 12.1 Å². The Kier molecular flexibility index (Phi) is 3.88. The summed E-state index contributed by atoms with van der Waals surface area (Å²) in [4.78, 5) is 11.4. The van der Waals surface area contributed by atoms with Crippen LogP contribution < -0.4 is 0 Å². The first kappa shape index (κ1) is 12.2. The molecule has 0 aliphatic carbocycles. The van der Waals surface area contributed by atoms with Gasteiger partial charge in [0.1, 0.15) is 0 Å². The number of hydrogen-bond acceptors (Lipinski definition) is 4. The summed E-state index contributed by atoms with van der Waals surface area (Å²) in [5.74, 6) is -1.10. The van der Waals surface area contributed by atoms with Crippen LogP contribution in [-0.2, 0) is 19.0 Å². The van der Waals surface area contributed by atoms with Gasteiger partial charge in [0.2, 0.25) is 0 Å². The highest BCUT2D eigenvalue weighted by molar-refractivity contribution is 5.75. The lowest BCUT2D eigenvalue weighted by atomic mass is 10.1. The molecule has 86 valence electrons. The van der Waals surface area contributed by atoms with E-state index in [1.54, 1.807) is 19.9 Å². The Morgan fingerprint density at radius 1 is 1.53 bits per heavy atom. The fraction of sp³-hybridized carbons (Fsp3) is 0.727. The van der Waals surface area contributed by atoms with Crippen LogP contribution in [0.2, 0.25) is 0 Å². The maximum atomic E-state index is 11.4. The molecule has 2 atom stereocenters. The second-order valence-electron chi connectivity index (χ2n) is 3.98. The number of allylic oxidation sites excluding steroid dienone is 1. The molecule has 0 bridgehead atoms. The van der Waals surface area contributed by atoms with Crippen molar-refractivity contribution < 1.29 is 19.0 Å². The molecule has 4 nitrogen and oxygen atoms in total. The van der Waals surface area contributed by atoms with E-state index >= 15 is 0 Å². The molecule has 15 heavy (non-hydrogen) atoms. The lowest BCUT2D eigenvalue weighted by molar-refractivity contribution is -0.168. The van der Waals surface area contributed by atoms with Gasteiger partial charge in [-0.2, -0.15) is 0 Å². The van der Waals surface area contributed by atoms with Crippen LogP contribution in [0, 0.1) is 0 Å². The predicted octanol–water partition coefficient (Wildman–Crippen LogP) is 1.65. The molecule has 1 fully saturated rings. The average Bonchev–Trinajstić information content (AvgIpc) is 2.49. The Bertz CT molecular complexity index is 247. The van der Waals surface area contributed by atoms with Gasteiger partial charge in [-0.25, -0.2) is 4.79 Å². The molecule has 0 aromatic carbocycles. The average molecular weight is 214 g/mol. The van der Waals surface area contributed by atoms with Crippen molar-refractivity contribution in [3.05, 3.63) is 12.7 Å². The molecule has 1 aliphatic heterocycles. The van der Waals surface area contributed by atoms with Gasteiger partial charge in [0.25, 0.3) is 0 Å². The van der Waals surface area contributed by atoms with E-state index < -0.39 is 11.9 Å². The first-order valence-electron chi connectivity index (χ1n) is 5.04. The third-order valence-corrected chi connectivity index (χ3v) is 2.27. The van der Waals surface area contributed by atoms with Gasteiger partial charge in [0.05, 0.1) is 13.2 Å². The molecule has 0 amide bonds. The Hall–Kier alpha value is -0.870. The van der Waals surface area contributed by atoms with Gasteiger partial charge < -0.3 is 14.2 Å². The maximum Gasteiger partial charge on any atom is 0.337 e. The maximum absolute atomic E-state index is 11.4. The largest absolute Gasteiger partial charge is 0.467 e. The highest BCUT2D eigenvalue weighted by atomic mass is 16.8. The monoisotopic (exact) mass is 214 g/mol. The van der Waals surface area contributed by atoms with E-state index in [4.69, 9.17) is 9.47 Å². The van der Waals surface area contributed by atoms with Gasteiger partial charge in [-0.1, -0.05) is 6.08 Å². The molecule has 0 saturated carbocycles. The Balaban J connectivity index is 2.65. The molecular formula is C11H18O4. The molecular weight excluding hydrogens is 196 g/mol. The fourth-order valence-electron chi connectivity index (χ4n) is 1.64. The van der Waals surface area contributed by atoms with E-state index in [0.29, 0.717) is 6.42 Å². The van der Waals surface area contributed by atoms with E-state index in [9.17, 15) is 4.79 Å². The predicted molar refractivity (Wildman–Crippen MR) is 55.3 cm³/mol. The molecule has 4 heteroatoms. The molecule has 1 aliphatic rings. The number of methoxy groups -OCH3 is 1. The smallest absolute Gasteiger partial charge is 0.337 e. The Morgan fingerprint density at radius 3 is 2.73 bits per heavy atom. The quantitative estimate of drug-likeness (QED) is 0.527. The van der Waals surface area contributed by atoms with Crippen molar-refractivity contribution >= 4 is 5.97 Å². The van der Waals surface area contributed by atoms with Gasteiger partial charge in [0, 0.05) is 0 Å². The van der Waals surface area contributed by atoms with Crippen LogP contribution in [0.3, 0.4) is 0 Å². The van der Waals surface area contributed by atoms with Crippen molar-refractivity contribution in [1.82, 2.24) is 0 Å². The van der Waals surface area contributed by atoms with Crippen LogP contribution in [0.15, 0.2) is 12.7 Å². The summed E-state index contributed by atoms with van der Waals surface area (Å²) >= 11 is 0. The molecule has 0 aromatic heterocycles. The molecule has 0 N–H and O–H groups in total. The molecule has 1 heterocycles. The number of rotatable bonds is 4. The third kappa shape index (κ3) is 3.04. The SMILES string of the molecule is C=CCC[C@H]1OC(C)(C)O[C@@H]1C(=O)OC. The standard InChI is InChI=1S/C11H18O4/c1-5-6-7-8-9(10(12)13-4)15-11(2,3)14-8/h5,8-9H,1,6-7H2,2-4H3/t8-,9+/m1/s1. The summed E-state index contributed by atoms with van der Waals surface area (Å²) in [6.07, 6.45) is 2.43. The summed E-state index contributed by atoms with van der Waals surface area (Å²) < 4.78 is 15.8. The molecule has 0 spiro atoms. The highest BCUT2D eigenvalue weighted by Gasteiger charge is 2.45. The van der Waals surface area contributed by atoms with Crippen molar-refractivity contribution in [2.45, 2.75) is 44.7 Å². The molecule has 0 aromatic rings. The van der Waals surface area contributed by atoms with E-state index in [2.05, 4.69) is 11.3 Å². The zero-order valence-electron chi connectivity index (χ0n) is 9.49. The first-order chi connectivity index (χ1) is 7.00. The number of carbonyl (C=O) groups is 1. The van der Waals surface area contributed by atoms with Crippen molar-refractivity contribution in [3.8, 4) is 0 Å². The molecule has 0 radical (unpaired) electrons. The van der Waals surface area contributed by atoms with Crippen molar-refractivity contribution in [2.24, 2.45) is 0 Å². The molecule has 1 saturated heterocycles. The molecule has 0 unspecified atom stereocenters. The van der Waals surface area contributed by atoms with Gasteiger partial charge in [-0.15, -0.1) is 6.58 Å². The zero-order valence-corrected chi connectivity index (χ0v) is 9.49. The minimum Gasteiger partial charge on any atom is -0.467 e. The first-order valence-corrected chi connectivity index (χ1v) is 5.04. The second-order valence-corrected chi connectivity index (χ2v) is 3.98. The van der Waals surface area contributed by atoms with Crippen LogP contribution in [0.5, 0.6) is 0 Å². The lowest BCUT2D eigenvalue weighted by Gasteiger charge is -2.16. The van der Waals surface area contributed by atoms with E-state index in [1.165, 1.54) is 7.11 Å². The second kappa shape index (κ2) is 4.77. The van der Waals surface area contributed by atoms with Gasteiger partial charge in [0.15, 0.2) is 11.9 Å². The fourth-order valence-corrected chi connectivity index (χ4v) is 1.64. The zero-order chi connectivity index (χ0) is 11.5. The van der Waals surface area contributed by atoms with Crippen LogP contribution in [0.1, 0.15) is 26.7 Å². The lowest BCUT2D eigenvalue weighted by Crippen LogP contribution is -2.32. The van der Waals surface area contributed by atoms with E-state index in [1.807, 2.05) is 0 Å². The highest BCUT2D eigenvalue weighted by Crippen LogP contribution is 2.31. The summed E-state index contributed by atoms with van der Waals surface area (Å²) in [7, 11) is 1.35. The summed E-state index contributed by atoms with van der Waals surface area (Å²) in [6, 6.07) is 0. The number of carbonyl (C=O) groups excluding carboxylic acids is 1. The van der Waals surface area contributed by atoms with E-state index in [0.717, 1.165) is 6.42 Å². The van der Waals surface area contributed by atoms with Crippen molar-refractivity contribution in [1.29, 1.82) is 0 Å². The van der Waals surface area contributed by atoms with Crippen LogP contribution >= 0.6 is 0 Å². The van der Waals surface area contributed by atoms with Gasteiger partial charge in [-0.05, 0) is 26.7 Å². The summed E-state index contributed by atoms with van der Waals surface area (Å²) in [5.41, 5.74) is 0. The minimum atomic E-state index is -0.718. The Labute approximate surface area is 90.2 Å². The minimum absolute atomic E-state index is 0.245.